The van der Waals surface area contributed by atoms with Crippen LogP contribution in [0.25, 0.3) is 11.1 Å². The quantitative estimate of drug-likeness (QED) is 0.734. The first-order valence-electron chi connectivity index (χ1n) is 8.70. The van der Waals surface area contributed by atoms with Crippen molar-refractivity contribution in [2.24, 2.45) is 7.05 Å². The zero-order chi connectivity index (χ0) is 17.1. The number of piperidine rings is 1. The van der Waals surface area contributed by atoms with Crippen LogP contribution in [0.5, 0.6) is 0 Å². The third-order valence-corrected chi connectivity index (χ3v) is 4.91. The van der Waals surface area contributed by atoms with Gasteiger partial charge in [0.15, 0.2) is 0 Å². The summed E-state index contributed by atoms with van der Waals surface area (Å²) in [5, 5.41) is 4.27. The van der Waals surface area contributed by atoms with Crippen molar-refractivity contribution >= 4 is 0 Å². The maximum Gasteiger partial charge on any atom is 0.115 e. The van der Waals surface area contributed by atoms with E-state index in [0.29, 0.717) is 5.92 Å². The Hall–Kier alpha value is -2.60. The van der Waals surface area contributed by atoms with Crippen LogP contribution in [-0.2, 0) is 13.6 Å². The lowest BCUT2D eigenvalue weighted by molar-refractivity contribution is 0.194. The fourth-order valence-electron chi connectivity index (χ4n) is 3.49. The molecule has 128 valence electrons. The first-order chi connectivity index (χ1) is 12.3. The van der Waals surface area contributed by atoms with Gasteiger partial charge in [0.2, 0.25) is 0 Å². The zero-order valence-corrected chi connectivity index (χ0v) is 14.4. The fourth-order valence-corrected chi connectivity index (χ4v) is 3.49. The number of hydrogen-bond donors (Lipinski definition) is 0. The molecule has 1 atom stereocenters. The highest BCUT2D eigenvalue weighted by atomic mass is 15.3. The molecule has 6 nitrogen and oxygen atoms in total. The minimum absolute atomic E-state index is 0.489. The van der Waals surface area contributed by atoms with Crippen molar-refractivity contribution in [1.29, 1.82) is 0 Å². The Kier molecular flexibility index (Phi) is 4.52. The second kappa shape index (κ2) is 7.11. The van der Waals surface area contributed by atoms with Crippen LogP contribution < -0.4 is 0 Å². The van der Waals surface area contributed by atoms with Gasteiger partial charge >= 0.3 is 0 Å². The van der Waals surface area contributed by atoms with Crippen molar-refractivity contribution in [3.05, 3.63) is 60.7 Å². The smallest absolute Gasteiger partial charge is 0.115 e. The van der Waals surface area contributed by atoms with Crippen molar-refractivity contribution in [2.75, 3.05) is 13.1 Å². The van der Waals surface area contributed by atoms with Crippen LogP contribution in [0.1, 0.15) is 30.1 Å². The van der Waals surface area contributed by atoms with E-state index >= 15 is 0 Å². The topological polar surface area (TPSA) is 59.7 Å². The molecule has 3 aromatic rings. The van der Waals surface area contributed by atoms with E-state index in [0.717, 1.165) is 30.8 Å². The van der Waals surface area contributed by atoms with Gasteiger partial charge in [-0.05, 0) is 31.5 Å². The molecule has 4 rings (SSSR count). The number of aryl methyl sites for hydroxylation is 1. The molecule has 0 saturated carbocycles. The van der Waals surface area contributed by atoms with E-state index in [9.17, 15) is 0 Å². The van der Waals surface area contributed by atoms with Crippen molar-refractivity contribution in [2.45, 2.75) is 25.3 Å². The highest BCUT2D eigenvalue weighted by molar-refractivity contribution is 5.60. The predicted molar refractivity (Wildman–Crippen MR) is 95.7 cm³/mol. The molecule has 1 aliphatic heterocycles. The standard InChI is InChI=1S/C19H22N6/c1-24-18(6-7-23-24)13-25-8-2-3-16(12-25)19-5-4-15(11-22-19)17-9-20-14-21-10-17/h4-7,9-11,14,16H,2-3,8,12-13H2,1H3. The average molecular weight is 334 g/mol. The van der Waals surface area contributed by atoms with Gasteiger partial charge in [0, 0.05) is 67.7 Å². The highest BCUT2D eigenvalue weighted by Crippen LogP contribution is 2.27. The van der Waals surface area contributed by atoms with Crippen LogP contribution in [0.15, 0.2) is 49.3 Å². The van der Waals surface area contributed by atoms with E-state index in [1.54, 1.807) is 6.33 Å². The van der Waals surface area contributed by atoms with Gasteiger partial charge in [0.25, 0.3) is 0 Å². The molecule has 1 unspecified atom stereocenters. The monoisotopic (exact) mass is 334 g/mol. The second-order valence-corrected chi connectivity index (χ2v) is 6.62. The van der Waals surface area contributed by atoms with Gasteiger partial charge in [0.1, 0.15) is 6.33 Å². The van der Waals surface area contributed by atoms with Gasteiger partial charge in [0.05, 0.1) is 5.69 Å². The molecule has 4 heterocycles. The Bertz CT molecular complexity index is 811. The molecule has 25 heavy (non-hydrogen) atoms. The second-order valence-electron chi connectivity index (χ2n) is 6.62. The molecule has 0 spiro atoms. The molecule has 0 amide bonds. The number of rotatable bonds is 4. The molecular formula is C19H22N6. The molecule has 1 fully saturated rings. The molecule has 0 radical (unpaired) electrons. The van der Waals surface area contributed by atoms with Gasteiger partial charge < -0.3 is 0 Å². The summed E-state index contributed by atoms with van der Waals surface area (Å²) in [6, 6.07) is 6.38. The Morgan fingerprint density at radius 3 is 2.68 bits per heavy atom. The van der Waals surface area contributed by atoms with Crippen LogP contribution in [0.2, 0.25) is 0 Å². The van der Waals surface area contributed by atoms with Crippen LogP contribution >= 0.6 is 0 Å². The van der Waals surface area contributed by atoms with Crippen LogP contribution in [0, 0.1) is 0 Å². The number of aromatic nitrogens is 5. The molecule has 6 heteroatoms. The summed E-state index contributed by atoms with van der Waals surface area (Å²) < 4.78 is 1.96. The largest absolute Gasteiger partial charge is 0.297 e. The van der Waals surface area contributed by atoms with E-state index in [-0.39, 0.29) is 0 Å². The first-order valence-corrected chi connectivity index (χ1v) is 8.70. The summed E-state index contributed by atoms with van der Waals surface area (Å²) in [4.78, 5) is 15.4. The fraction of sp³-hybridized carbons (Fsp3) is 0.368. The lowest BCUT2D eigenvalue weighted by atomic mass is 9.93. The minimum atomic E-state index is 0.489. The van der Waals surface area contributed by atoms with Crippen molar-refractivity contribution in [3.8, 4) is 11.1 Å². The Labute approximate surface area is 147 Å². The average Bonchev–Trinajstić information content (AvgIpc) is 3.07. The summed E-state index contributed by atoms with van der Waals surface area (Å²) in [6.45, 7) is 3.14. The van der Waals surface area contributed by atoms with Gasteiger partial charge in [-0.1, -0.05) is 6.07 Å². The Balaban J connectivity index is 1.45. The summed E-state index contributed by atoms with van der Waals surface area (Å²) in [5.74, 6) is 0.489. The number of hydrogen-bond acceptors (Lipinski definition) is 5. The Morgan fingerprint density at radius 2 is 1.96 bits per heavy atom. The van der Waals surface area contributed by atoms with Gasteiger partial charge in [-0.15, -0.1) is 0 Å². The summed E-state index contributed by atoms with van der Waals surface area (Å²) >= 11 is 0. The molecule has 0 bridgehead atoms. The van der Waals surface area contributed by atoms with Crippen molar-refractivity contribution < 1.29 is 0 Å². The van der Waals surface area contributed by atoms with Gasteiger partial charge in [-0.3, -0.25) is 14.6 Å². The maximum absolute atomic E-state index is 4.73. The molecule has 3 aromatic heterocycles. The molecular weight excluding hydrogens is 312 g/mol. The molecule has 0 N–H and O–H groups in total. The van der Waals surface area contributed by atoms with E-state index in [1.807, 2.05) is 36.5 Å². The van der Waals surface area contributed by atoms with E-state index in [2.05, 4.69) is 38.2 Å². The van der Waals surface area contributed by atoms with Crippen molar-refractivity contribution in [1.82, 2.24) is 29.6 Å². The number of pyridine rings is 1. The third-order valence-electron chi connectivity index (χ3n) is 4.91. The summed E-state index contributed by atoms with van der Waals surface area (Å²) in [6.07, 6.45) is 11.4. The first kappa shape index (κ1) is 15.9. The summed E-state index contributed by atoms with van der Waals surface area (Å²) in [5.41, 5.74) is 4.50. The van der Waals surface area contributed by atoms with Crippen LogP contribution in [0.4, 0.5) is 0 Å². The minimum Gasteiger partial charge on any atom is -0.297 e. The SMILES string of the molecule is Cn1nccc1CN1CCCC(c2ccc(-c3cncnc3)cn2)C1. The van der Waals surface area contributed by atoms with Gasteiger partial charge in [-0.2, -0.15) is 5.10 Å². The lowest BCUT2D eigenvalue weighted by Gasteiger charge is -2.32. The maximum atomic E-state index is 4.73. The predicted octanol–water partition coefficient (Wildman–Crippen LogP) is 2.65. The normalized spacial score (nSPS) is 18.4. The zero-order valence-electron chi connectivity index (χ0n) is 14.4. The van der Waals surface area contributed by atoms with Crippen LogP contribution in [-0.4, -0.2) is 42.7 Å². The molecule has 0 aromatic carbocycles. The van der Waals surface area contributed by atoms with Crippen molar-refractivity contribution in [3.63, 3.8) is 0 Å². The van der Waals surface area contributed by atoms with E-state index in [4.69, 9.17) is 4.98 Å². The van der Waals surface area contributed by atoms with E-state index in [1.165, 1.54) is 24.2 Å². The molecule has 1 saturated heterocycles. The third kappa shape index (κ3) is 3.58. The van der Waals surface area contributed by atoms with E-state index < -0.39 is 0 Å². The number of nitrogens with zero attached hydrogens (tertiary/aromatic N) is 6. The lowest BCUT2D eigenvalue weighted by Crippen LogP contribution is -2.34. The highest BCUT2D eigenvalue weighted by Gasteiger charge is 2.23. The van der Waals surface area contributed by atoms with Gasteiger partial charge in [-0.25, -0.2) is 9.97 Å². The number of likely N-dealkylation sites (tertiary alicyclic amines) is 1. The Morgan fingerprint density at radius 1 is 1.08 bits per heavy atom. The summed E-state index contributed by atoms with van der Waals surface area (Å²) in [7, 11) is 2.00. The van der Waals surface area contributed by atoms with Crippen LogP contribution in [0.3, 0.4) is 0 Å². The molecule has 0 aliphatic carbocycles. The molecule has 1 aliphatic rings.